The Morgan fingerprint density at radius 1 is 1.36 bits per heavy atom. The van der Waals surface area contributed by atoms with E-state index in [0.29, 0.717) is 31.8 Å². The zero-order chi connectivity index (χ0) is 18.1. The maximum absolute atomic E-state index is 13.0. The van der Waals surface area contributed by atoms with Crippen LogP contribution in [0, 0.1) is 11.3 Å². The van der Waals surface area contributed by atoms with Crippen LogP contribution in [0.3, 0.4) is 0 Å². The van der Waals surface area contributed by atoms with Crippen molar-refractivity contribution in [3.8, 4) is 0 Å². The summed E-state index contributed by atoms with van der Waals surface area (Å²) in [6, 6.07) is -0.444. The van der Waals surface area contributed by atoms with E-state index in [4.69, 9.17) is 0 Å². The quantitative estimate of drug-likeness (QED) is 0.709. The second-order valence-electron chi connectivity index (χ2n) is 8.18. The predicted molar refractivity (Wildman–Crippen MR) is 98.6 cm³/mol. The Kier molecular flexibility index (Phi) is 6.87. The van der Waals surface area contributed by atoms with E-state index in [2.05, 4.69) is 31.4 Å². The molecule has 2 rings (SSSR count). The number of imide groups is 1. The van der Waals surface area contributed by atoms with E-state index in [-0.39, 0.29) is 36.2 Å². The number of urea groups is 1. The van der Waals surface area contributed by atoms with E-state index in [9.17, 15) is 14.4 Å². The number of amides is 4. The Morgan fingerprint density at radius 3 is 2.56 bits per heavy atom. The van der Waals surface area contributed by atoms with E-state index in [1.54, 1.807) is 7.05 Å². The molecule has 0 aromatic heterocycles. The molecule has 1 aliphatic heterocycles. The monoisotopic (exact) mass is 374 g/mol. The molecule has 0 radical (unpaired) electrons. The van der Waals surface area contributed by atoms with E-state index >= 15 is 0 Å². The van der Waals surface area contributed by atoms with Crippen molar-refractivity contribution in [1.29, 1.82) is 0 Å². The zero-order valence-corrected chi connectivity index (χ0v) is 16.7. The van der Waals surface area contributed by atoms with E-state index in [0.717, 1.165) is 11.3 Å². The van der Waals surface area contributed by atoms with Crippen LogP contribution in [0.25, 0.3) is 0 Å². The molecule has 7 nitrogen and oxygen atoms in total. The highest BCUT2D eigenvalue weighted by atomic mass is 35.5. The lowest BCUT2D eigenvalue weighted by atomic mass is 9.64. The molecule has 2 unspecified atom stereocenters. The Labute approximate surface area is 156 Å². The fourth-order valence-electron chi connectivity index (χ4n) is 4.31. The molecule has 25 heavy (non-hydrogen) atoms. The normalized spacial score (nSPS) is 27.9. The number of halogens is 1. The molecule has 2 fully saturated rings. The standard InChI is InChI=1S/C17H30N4O3.ClH/c1-12-8-16(2,3)11-17(9-12)14(23)21(15(24)19-17)10-13(22)20(5)7-6-18-4;/h12,18H,6-11H2,1-5H3,(H,19,24);1H. The second-order valence-corrected chi connectivity index (χ2v) is 8.18. The van der Waals surface area contributed by atoms with Crippen LogP contribution in [0.1, 0.15) is 40.0 Å². The van der Waals surface area contributed by atoms with Crippen molar-refractivity contribution in [2.24, 2.45) is 11.3 Å². The van der Waals surface area contributed by atoms with Crippen LogP contribution in [-0.2, 0) is 9.59 Å². The SMILES string of the molecule is CNCCN(C)C(=O)CN1C(=O)NC2(CC(C)CC(C)(C)C2)C1=O.Cl. The van der Waals surface area contributed by atoms with Gasteiger partial charge in [-0.3, -0.25) is 14.5 Å². The third-order valence-corrected chi connectivity index (χ3v) is 5.04. The summed E-state index contributed by atoms with van der Waals surface area (Å²) in [4.78, 5) is 40.2. The lowest BCUT2D eigenvalue weighted by Gasteiger charge is -2.43. The van der Waals surface area contributed by atoms with E-state index < -0.39 is 11.6 Å². The van der Waals surface area contributed by atoms with E-state index in [1.165, 1.54) is 4.90 Å². The molecule has 2 N–H and O–H groups in total. The van der Waals surface area contributed by atoms with Gasteiger partial charge in [-0.15, -0.1) is 12.4 Å². The largest absolute Gasteiger partial charge is 0.343 e. The Balaban J connectivity index is 0.00000312. The number of nitrogens with zero attached hydrogens (tertiary/aromatic N) is 2. The average molecular weight is 375 g/mol. The minimum atomic E-state index is -0.845. The number of carbonyl (C=O) groups is 3. The Bertz CT molecular complexity index is 540. The van der Waals surface area contributed by atoms with Gasteiger partial charge in [0.15, 0.2) is 0 Å². The van der Waals surface area contributed by atoms with Crippen molar-refractivity contribution >= 4 is 30.3 Å². The summed E-state index contributed by atoms with van der Waals surface area (Å²) in [6.07, 6.45) is 2.29. The molecule has 0 aromatic rings. The summed E-state index contributed by atoms with van der Waals surface area (Å²) in [7, 11) is 3.49. The molecule has 1 spiro atoms. The van der Waals surface area contributed by atoms with Gasteiger partial charge in [0.05, 0.1) is 0 Å². The second kappa shape index (κ2) is 7.91. The van der Waals surface area contributed by atoms with Crippen molar-refractivity contribution < 1.29 is 14.4 Å². The number of hydrogen-bond donors (Lipinski definition) is 2. The molecule has 4 amide bonds. The van der Waals surface area contributed by atoms with Gasteiger partial charge in [-0.2, -0.15) is 0 Å². The molecule has 1 aliphatic carbocycles. The molecule has 2 aliphatic rings. The highest BCUT2D eigenvalue weighted by Crippen LogP contribution is 2.46. The maximum Gasteiger partial charge on any atom is 0.325 e. The van der Waals surface area contributed by atoms with Crippen molar-refractivity contribution in [2.45, 2.75) is 45.6 Å². The molecule has 1 saturated heterocycles. The van der Waals surface area contributed by atoms with Crippen molar-refractivity contribution in [3.05, 3.63) is 0 Å². The number of carbonyl (C=O) groups excluding carboxylic acids is 3. The fraction of sp³-hybridized carbons (Fsp3) is 0.824. The smallest absolute Gasteiger partial charge is 0.325 e. The predicted octanol–water partition coefficient (Wildman–Crippen LogP) is 1.22. The summed E-state index contributed by atoms with van der Waals surface area (Å²) < 4.78 is 0. The molecule has 144 valence electrons. The van der Waals surface area contributed by atoms with Crippen LogP contribution < -0.4 is 10.6 Å². The van der Waals surface area contributed by atoms with Crippen molar-refractivity contribution in [2.75, 3.05) is 33.7 Å². The summed E-state index contributed by atoms with van der Waals surface area (Å²) in [6.45, 7) is 7.38. The summed E-state index contributed by atoms with van der Waals surface area (Å²) in [5.41, 5.74) is -0.855. The van der Waals surface area contributed by atoms with Crippen LogP contribution in [0.4, 0.5) is 4.79 Å². The Morgan fingerprint density at radius 2 is 2.00 bits per heavy atom. The van der Waals surface area contributed by atoms with Gasteiger partial charge in [0.2, 0.25) is 5.91 Å². The van der Waals surface area contributed by atoms with Gasteiger partial charge < -0.3 is 15.5 Å². The minimum Gasteiger partial charge on any atom is -0.343 e. The zero-order valence-electron chi connectivity index (χ0n) is 15.8. The molecule has 1 saturated carbocycles. The first kappa shape index (κ1) is 21.7. The molecular formula is C17H31ClN4O3. The van der Waals surface area contributed by atoms with Crippen LogP contribution in [0.2, 0.25) is 0 Å². The number of likely N-dealkylation sites (N-methyl/N-ethyl adjacent to an activating group) is 2. The number of rotatable bonds is 5. The van der Waals surface area contributed by atoms with Gasteiger partial charge in [0, 0.05) is 20.1 Å². The first-order valence-electron chi connectivity index (χ1n) is 8.63. The maximum atomic E-state index is 13.0. The van der Waals surface area contributed by atoms with Gasteiger partial charge in [0.25, 0.3) is 5.91 Å². The lowest BCUT2D eigenvalue weighted by Crippen LogP contribution is -2.54. The molecule has 2 atom stereocenters. The summed E-state index contributed by atoms with van der Waals surface area (Å²) >= 11 is 0. The molecule has 8 heteroatoms. The molecular weight excluding hydrogens is 344 g/mol. The van der Waals surface area contributed by atoms with Gasteiger partial charge >= 0.3 is 6.03 Å². The van der Waals surface area contributed by atoms with Crippen molar-refractivity contribution in [1.82, 2.24) is 20.4 Å². The highest BCUT2D eigenvalue weighted by Gasteiger charge is 2.56. The van der Waals surface area contributed by atoms with Gasteiger partial charge in [0.1, 0.15) is 12.1 Å². The average Bonchev–Trinajstić information content (AvgIpc) is 2.66. The van der Waals surface area contributed by atoms with Crippen LogP contribution in [-0.4, -0.2) is 66.9 Å². The van der Waals surface area contributed by atoms with Crippen molar-refractivity contribution in [3.63, 3.8) is 0 Å². The summed E-state index contributed by atoms with van der Waals surface area (Å²) in [5, 5.41) is 5.87. The number of hydrogen-bond acceptors (Lipinski definition) is 4. The topological polar surface area (TPSA) is 81.8 Å². The van der Waals surface area contributed by atoms with Gasteiger partial charge in [-0.05, 0) is 37.6 Å². The van der Waals surface area contributed by atoms with Gasteiger partial charge in [-0.25, -0.2) is 4.79 Å². The molecule has 0 bridgehead atoms. The third kappa shape index (κ3) is 4.64. The highest BCUT2D eigenvalue weighted by molar-refractivity contribution is 6.09. The van der Waals surface area contributed by atoms with Crippen LogP contribution in [0.15, 0.2) is 0 Å². The first-order chi connectivity index (χ1) is 11.1. The number of nitrogens with one attached hydrogen (secondary N) is 2. The lowest BCUT2D eigenvalue weighted by molar-refractivity contribution is -0.140. The first-order valence-corrected chi connectivity index (χ1v) is 8.63. The molecule has 1 heterocycles. The summed E-state index contributed by atoms with van der Waals surface area (Å²) in [5.74, 6) is -0.122. The van der Waals surface area contributed by atoms with Crippen LogP contribution in [0.5, 0.6) is 0 Å². The van der Waals surface area contributed by atoms with Gasteiger partial charge in [-0.1, -0.05) is 20.8 Å². The van der Waals surface area contributed by atoms with E-state index in [1.807, 2.05) is 7.05 Å². The minimum absolute atomic E-state index is 0. The molecule has 0 aromatic carbocycles. The van der Waals surface area contributed by atoms with Crippen LogP contribution >= 0.6 is 12.4 Å². The third-order valence-electron chi connectivity index (χ3n) is 5.04. The Hall–Kier alpha value is -1.34. The fourth-order valence-corrected chi connectivity index (χ4v) is 4.31.